The Bertz CT molecular complexity index is 608. The zero-order chi connectivity index (χ0) is 15.7. The highest BCUT2D eigenvalue weighted by atomic mass is 32.2. The van der Waals surface area contributed by atoms with Gasteiger partial charge in [0.15, 0.2) is 4.90 Å². The van der Waals surface area contributed by atoms with Gasteiger partial charge >= 0.3 is 5.97 Å². The first kappa shape index (κ1) is 16.4. The quantitative estimate of drug-likeness (QED) is 0.863. The Labute approximate surface area is 113 Å². The lowest BCUT2D eigenvalue weighted by molar-refractivity contribution is -0.140. The van der Waals surface area contributed by atoms with Gasteiger partial charge in [-0.25, -0.2) is 21.6 Å². The van der Waals surface area contributed by atoms with Gasteiger partial charge in [0.1, 0.15) is 23.5 Å². The first-order chi connectivity index (χ1) is 9.06. The Hall–Kier alpha value is -1.61. The Morgan fingerprint density at radius 1 is 1.20 bits per heavy atom. The van der Waals surface area contributed by atoms with E-state index in [2.05, 4.69) is 0 Å². The van der Waals surface area contributed by atoms with Gasteiger partial charge in [-0.3, -0.25) is 4.79 Å². The van der Waals surface area contributed by atoms with E-state index in [0.29, 0.717) is 0 Å². The van der Waals surface area contributed by atoms with E-state index < -0.39 is 50.3 Å². The second kappa shape index (κ2) is 5.80. The predicted octanol–water partition coefficient (Wildman–Crippen LogP) is 1.49. The average molecular weight is 311 g/mol. The molecule has 0 aliphatic rings. The monoisotopic (exact) mass is 311 g/mol. The summed E-state index contributed by atoms with van der Waals surface area (Å²) in [4.78, 5) is 9.49. The second-order valence-corrected chi connectivity index (χ2v) is 6.03. The lowest BCUT2D eigenvalue weighted by atomic mass is 10.1. The van der Waals surface area contributed by atoms with Crippen molar-refractivity contribution in [2.45, 2.75) is 24.8 Å². The van der Waals surface area contributed by atoms with E-state index in [1.165, 1.54) is 13.8 Å². The Morgan fingerprint density at radius 3 is 2.00 bits per heavy atom. The number of rotatable bonds is 5. The maximum Gasteiger partial charge on any atom is 0.322 e. The van der Waals surface area contributed by atoms with E-state index in [1.807, 2.05) is 0 Å². The maximum atomic E-state index is 13.4. The summed E-state index contributed by atoms with van der Waals surface area (Å²) in [5, 5.41) is 8.86. The van der Waals surface area contributed by atoms with E-state index in [-0.39, 0.29) is 12.1 Å². The number of carbonyl (C=O) groups is 1. The van der Waals surface area contributed by atoms with Crippen molar-refractivity contribution in [3.63, 3.8) is 0 Å². The van der Waals surface area contributed by atoms with Gasteiger partial charge in [-0.2, -0.15) is 4.72 Å². The van der Waals surface area contributed by atoms with Crippen LogP contribution >= 0.6 is 0 Å². The molecule has 0 aliphatic carbocycles. The van der Waals surface area contributed by atoms with Crippen LogP contribution in [0.5, 0.6) is 0 Å². The van der Waals surface area contributed by atoms with Crippen molar-refractivity contribution in [3.05, 3.63) is 29.6 Å². The van der Waals surface area contributed by atoms with Crippen molar-refractivity contribution in [3.8, 4) is 0 Å². The van der Waals surface area contributed by atoms with Gasteiger partial charge in [-0.05, 0) is 5.92 Å². The largest absolute Gasteiger partial charge is 0.480 e. The molecular weight excluding hydrogens is 299 g/mol. The van der Waals surface area contributed by atoms with Crippen LogP contribution in [-0.2, 0) is 14.8 Å². The number of hydrogen-bond acceptors (Lipinski definition) is 3. The van der Waals surface area contributed by atoms with Gasteiger partial charge in [0.05, 0.1) is 0 Å². The molecule has 0 amide bonds. The second-order valence-electron chi connectivity index (χ2n) is 4.38. The number of benzene rings is 1. The lowest BCUT2D eigenvalue weighted by Gasteiger charge is -2.18. The number of carboxylic acid groups (broad SMARTS) is 1. The first-order valence-corrected chi connectivity index (χ1v) is 6.94. The van der Waals surface area contributed by atoms with Crippen LogP contribution in [0, 0.1) is 23.4 Å². The van der Waals surface area contributed by atoms with Gasteiger partial charge in [0.25, 0.3) is 0 Å². The molecule has 1 aromatic carbocycles. The van der Waals surface area contributed by atoms with Crippen LogP contribution in [0.25, 0.3) is 0 Å². The molecule has 0 unspecified atom stereocenters. The van der Waals surface area contributed by atoms with Crippen LogP contribution in [0.3, 0.4) is 0 Å². The van der Waals surface area contributed by atoms with Crippen LogP contribution in [0.15, 0.2) is 17.0 Å². The minimum Gasteiger partial charge on any atom is -0.480 e. The van der Waals surface area contributed by atoms with E-state index in [1.54, 1.807) is 4.72 Å². The highest BCUT2D eigenvalue weighted by Crippen LogP contribution is 2.21. The van der Waals surface area contributed by atoms with Crippen LogP contribution in [0.4, 0.5) is 13.2 Å². The molecule has 0 aromatic heterocycles. The van der Waals surface area contributed by atoms with Crippen molar-refractivity contribution in [1.29, 1.82) is 0 Å². The topological polar surface area (TPSA) is 83.5 Å². The highest BCUT2D eigenvalue weighted by molar-refractivity contribution is 7.89. The summed E-state index contributed by atoms with van der Waals surface area (Å²) < 4.78 is 64.9. The number of nitrogens with one attached hydrogen (secondary N) is 1. The first-order valence-electron chi connectivity index (χ1n) is 5.46. The van der Waals surface area contributed by atoms with Crippen LogP contribution in [-0.4, -0.2) is 25.5 Å². The summed E-state index contributed by atoms with van der Waals surface area (Å²) in [5.74, 6) is -6.70. The highest BCUT2D eigenvalue weighted by Gasteiger charge is 2.32. The number of carboxylic acids is 1. The summed E-state index contributed by atoms with van der Waals surface area (Å²) in [6.45, 7) is 2.83. The molecule has 9 heteroatoms. The molecule has 1 rings (SSSR count). The third-order valence-electron chi connectivity index (χ3n) is 2.45. The molecule has 112 valence electrons. The number of hydrogen-bond donors (Lipinski definition) is 2. The Morgan fingerprint density at radius 2 is 1.65 bits per heavy atom. The molecule has 0 radical (unpaired) electrons. The fraction of sp³-hybridized carbons (Fsp3) is 0.364. The molecule has 0 saturated carbocycles. The zero-order valence-corrected chi connectivity index (χ0v) is 11.3. The molecule has 0 aliphatic heterocycles. The molecule has 1 atom stereocenters. The number of aliphatic carboxylic acids is 1. The van der Waals surface area contributed by atoms with Crippen molar-refractivity contribution in [2.24, 2.45) is 5.92 Å². The minimum absolute atomic E-state index is 0.197. The van der Waals surface area contributed by atoms with Crippen molar-refractivity contribution in [1.82, 2.24) is 4.72 Å². The van der Waals surface area contributed by atoms with E-state index in [4.69, 9.17) is 5.11 Å². The van der Waals surface area contributed by atoms with E-state index >= 15 is 0 Å². The SMILES string of the molecule is CC(C)[C@H](NS(=O)(=O)c1c(F)cc(F)cc1F)C(=O)O. The van der Waals surface area contributed by atoms with Crippen molar-refractivity contribution >= 4 is 16.0 Å². The number of halogens is 3. The fourth-order valence-corrected chi connectivity index (χ4v) is 2.94. The van der Waals surface area contributed by atoms with Crippen LogP contribution in [0.1, 0.15) is 13.8 Å². The molecule has 0 bridgehead atoms. The minimum atomic E-state index is -4.78. The standard InChI is InChI=1S/C11H12F3NO4S/c1-5(2)9(11(16)17)15-20(18,19)10-7(13)3-6(12)4-8(10)14/h3-5,9,15H,1-2H3,(H,16,17)/t9-/m0/s1. The smallest absolute Gasteiger partial charge is 0.322 e. The third-order valence-corrected chi connectivity index (χ3v) is 3.94. The maximum absolute atomic E-state index is 13.4. The Kier molecular flexibility index (Phi) is 4.77. The third kappa shape index (κ3) is 3.48. The molecule has 1 aromatic rings. The van der Waals surface area contributed by atoms with Crippen LogP contribution < -0.4 is 4.72 Å². The summed E-state index contributed by atoms with van der Waals surface area (Å²) >= 11 is 0. The van der Waals surface area contributed by atoms with Crippen LogP contribution in [0.2, 0.25) is 0 Å². The molecule has 2 N–H and O–H groups in total. The molecular formula is C11H12F3NO4S. The van der Waals surface area contributed by atoms with Gasteiger partial charge in [0, 0.05) is 12.1 Å². The van der Waals surface area contributed by atoms with Crippen molar-refractivity contribution in [2.75, 3.05) is 0 Å². The molecule has 0 saturated heterocycles. The van der Waals surface area contributed by atoms with Gasteiger partial charge in [-0.15, -0.1) is 0 Å². The number of sulfonamides is 1. The predicted molar refractivity (Wildman–Crippen MR) is 62.9 cm³/mol. The normalized spacial score (nSPS) is 13.5. The lowest BCUT2D eigenvalue weighted by Crippen LogP contribution is -2.44. The molecule has 5 nitrogen and oxygen atoms in total. The van der Waals surface area contributed by atoms with E-state index in [0.717, 1.165) is 0 Å². The fourth-order valence-electron chi connectivity index (χ4n) is 1.48. The average Bonchev–Trinajstić information content (AvgIpc) is 2.23. The molecule has 0 spiro atoms. The zero-order valence-electron chi connectivity index (χ0n) is 10.5. The van der Waals surface area contributed by atoms with Gasteiger partial charge in [-0.1, -0.05) is 13.8 Å². The summed E-state index contributed by atoms with van der Waals surface area (Å²) in [6.07, 6.45) is 0. The summed E-state index contributed by atoms with van der Waals surface area (Å²) in [5.41, 5.74) is 0. The molecule has 0 heterocycles. The summed E-state index contributed by atoms with van der Waals surface area (Å²) in [7, 11) is -4.78. The van der Waals surface area contributed by atoms with Crippen molar-refractivity contribution < 1.29 is 31.5 Å². The van der Waals surface area contributed by atoms with E-state index in [9.17, 15) is 26.4 Å². The Balaban J connectivity index is 3.28. The molecule has 0 fully saturated rings. The van der Waals surface area contributed by atoms with Gasteiger partial charge < -0.3 is 5.11 Å². The summed E-state index contributed by atoms with van der Waals surface area (Å²) in [6, 6.07) is -1.17. The van der Waals surface area contributed by atoms with Gasteiger partial charge in [0.2, 0.25) is 10.0 Å². The molecule has 20 heavy (non-hydrogen) atoms.